The fourth-order valence-corrected chi connectivity index (χ4v) is 5.21. The molecule has 0 amide bonds. The van der Waals surface area contributed by atoms with E-state index in [-0.39, 0.29) is 0 Å². The van der Waals surface area contributed by atoms with Crippen LogP contribution in [-0.2, 0) is 12.8 Å². The van der Waals surface area contributed by atoms with Gasteiger partial charge in [0.2, 0.25) is 0 Å². The molecule has 0 aliphatic heterocycles. The molecule has 0 atom stereocenters. The van der Waals surface area contributed by atoms with Crippen molar-refractivity contribution in [2.75, 3.05) is 0 Å². The van der Waals surface area contributed by atoms with Crippen LogP contribution in [0.1, 0.15) is 67.2 Å². The maximum Gasteiger partial charge on any atom is 0.126 e. The van der Waals surface area contributed by atoms with Crippen molar-refractivity contribution < 1.29 is 10.2 Å². The summed E-state index contributed by atoms with van der Waals surface area (Å²) in [6, 6.07) is 28.9. The van der Waals surface area contributed by atoms with E-state index < -0.39 is 0 Å². The van der Waals surface area contributed by atoms with E-state index in [9.17, 15) is 10.2 Å². The number of hydrogen-bond donors (Lipinski definition) is 2. The van der Waals surface area contributed by atoms with Gasteiger partial charge in [0.25, 0.3) is 0 Å². The molecule has 0 aromatic heterocycles. The van der Waals surface area contributed by atoms with Crippen molar-refractivity contribution in [2.45, 2.75) is 71.6 Å². The van der Waals surface area contributed by atoms with Gasteiger partial charge in [0.15, 0.2) is 0 Å². The molecule has 37 heavy (non-hydrogen) atoms. The number of hydrogen-bond acceptors (Lipinski definition) is 2. The van der Waals surface area contributed by atoms with E-state index in [0.29, 0.717) is 11.5 Å². The summed E-state index contributed by atoms with van der Waals surface area (Å²) in [6.45, 7) is 3.99. The smallest absolute Gasteiger partial charge is 0.126 e. The SMILES string of the molecule is Cc1cc(CCCCCCCCCc2cc(C)c(O)c(-c3ccccc3)c2)cc(-c2ccccc2)c1O. The fourth-order valence-electron chi connectivity index (χ4n) is 5.21. The molecule has 0 fully saturated rings. The van der Waals surface area contributed by atoms with Crippen molar-refractivity contribution in [1.82, 2.24) is 0 Å². The monoisotopic (exact) mass is 492 g/mol. The number of aromatic hydroxyl groups is 2. The predicted octanol–water partition coefficient (Wildman–Crippen LogP) is 9.56. The number of rotatable bonds is 12. The summed E-state index contributed by atoms with van der Waals surface area (Å²) in [5.74, 6) is 0.794. The van der Waals surface area contributed by atoms with E-state index in [1.54, 1.807) is 0 Å². The van der Waals surface area contributed by atoms with Gasteiger partial charge < -0.3 is 10.2 Å². The van der Waals surface area contributed by atoms with E-state index in [1.165, 1.54) is 56.1 Å². The standard InChI is InChI=1S/C35H40O2/c1-26-22-28(24-32(34(26)36)30-18-12-8-13-19-30)16-10-6-4-3-5-7-11-17-29-23-27(2)35(37)33(25-29)31-20-14-9-15-21-31/h8-9,12-15,18-25,36-37H,3-7,10-11,16-17H2,1-2H3. The Kier molecular flexibility index (Phi) is 9.43. The highest BCUT2D eigenvalue weighted by Gasteiger charge is 2.10. The van der Waals surface area contributed by atoms with Crippen molar-refractivity contribution in [3.05, 3.63) is 107 Å². The highest BCUT2D eigenvalue weighted by atomic mass is 16.3. The molecule has 0 radical (unpaired) electrons. The van der Waals surface area contributed by atoms with Gasteiger partial charge in [-0.3, -0.25) is 0 Å². The molecule has 0 unspecified atom stereocenters. The average molecular weight is 493 g/mol. The zero-order valence-electron chi connectivity index (χ0n) is 22.3. The van der Waals surface area contributed by atoms with E-state index in [0.717, 1.165) is 46.2 Å². The lowest BCUT2D eigenvalue weighted by molar-refractivity contribution is 0.472. The number of phenolic OH excluding ortho intramolecular Hbond substituents is 2. The third kappa shape index (κ3) is 7.26. The van der Waals surface area contributed by atoms with Gasteiger partial charge in [-0.2, -0.15) is 0 Å². The van der Waals surface area contributed by atoms with Crippen LogP contribution in [0, 0.1) is 13.8 Å². The number of unbranched alkanes of at least 4 members (excludes halogenated alkanes) is 6. The van der Waals surface area contributed by atoms with Gasteiger partial charge >= 0.3 is 0 Å². The Morgan fingerprint density at radius 1 is 0.459 bits per heavy atom. The normalized spacial score (nSPS) is 11.1. The lowest BCUT2D eigenvalue weighted by atomic mass is 9.95. The molecule has 2 heteroatoms. The van der Waals surface area contributed by atoms with Crippen LogP contribution >= 0.6 is 0 Å². The first-order chi connectivity index (χ1) is 18.0. The molecule has 4 aromatic carbocycles. The highest BCUT2D eigenvalue weighted by Crippen LogP contribution is 2.35. The van der Waals surface area contributed by atoms with Gasteiger partial charge in [0.05, 0.1) is 0 Å². The minimum Gasteiger partial charge on any atom is -0.507 e. The first kappa shape index (κ1) is 26.5. The first-order valence-corrected chi connectivity index (χ1v) is 13.8. The van der Waals surface area contributed by atoms with Crippen molar-refractivity contribution in [3.8, 4) is 33.8 Å². The zero-order chi connectivity index (χ0) is 26.0. The van der Waals surface area contributed by atoms with Gasteiger partial charge in [-0.25, -0.2) is 0 Å². The number of aryl methyl sites for hydroxylation is 4. The zero-order valence-corrected chi connectivity index (χ0v) is 22.3. The molecular weight excluding hydrogens is 452 g/mol. The van der Waals surface area contributed by atoms with Crippen LogP contribution in [0.15, 0.2) is 84.9 Å². The van der Waals surface area contributed by atoms with Crippen LogP contribution < -0.4 is 0 Å². The maximum atomic E-state index is 10.5. The second-order valence-electron chi connectivity index (χ2n) is 10.3. The summed E-state index contributed by atoms with van der Waals surface area (Å²) >= 11 is 0. The van der Waals surface area contributed by atoms with Gasteiger partial charge in [-0.1, -0.05) is 105 Å². The Morgan fingerprint density at radius 2 is 0.811 bits per heavy atom. The molecule has 192 valence electrons. The van der Waals surface area contributed by atoms with E-state index in [1.807, 2.05) is 50.2 Å². The van der Waals surface area contributed by atoms with Crippen LogP contribution in [0.2, 0.25) is 0 Å². The molecule has 0 saturated carbocycles. The third-order valence-corrected chi connectivity index (χ3v) is 7.32. The van der Waals surface area contributed by atoms with Crippen LogP contribution in [0.3, 0.4) is 0 Å². The number of benzene rings is 4. The van der Waals surface area contributed by atoms with Gasteiger partial charge in [0.1, 0.15) is 11.5 Å². The summed E-state index contributed by atoms with van der Waals surface area (Å²) < 4.78 is 0. The molecule has 0 saturated heterocycles. The third-order valence-electron chi connectivity index (χ3n) is 7.32. The Hall–Kier alpha value is -3.52. The van der Waals surface area contributed by atoms with Gasteiger partial charge in [-0.05, 0) is 85.0 Å². The molecule has 0 aliphatic carbocycles. The number of phenols is 2. The van der Waals surface area contributed by atoms with E-state index >= 15 is 0 Å². The van der Waals surface area contributed by atoms with Crippen LogP contribution in [0.5, 0.6) is 11.5 Å². The molecule has 0 spiro atoms. The van der Waals surface area contributed by atoms with Crippen LogP contribution in [0.4, 0.5) is 0 Å². The van der Waals surface area contributed by atoms with Crippen molar-refractivity contribution in [1.29, 1.82) is 0 Å². The Bertz CT molecular complexity index is 1170. The van der Waals surface area contributed by atoms with Gasteiger partial charge in [-0.15, -0.1) is 0 Å². The summed E-state index contributed by atoms with van der Waals surface area (Å²) in [7, 11) is 0. The first-order valence-electron chi connectivity index (χ1n) is 13.8. The highest BCUT2D eigenvalue weighted by molar-refractivity contribution is 5.73. The lowest BCUT2D eigenvalue weighted by Gasteiger charge is -2.12. The van der Waals surface area contributed by atoms with Crippen LogP contribution in [0.25, 0.3) is 22.3 Å². The average Bonchev–Trinajstić information content (AvgIpc) is 2.92. The molecule has 2 nitrogen and oxygen atoms in total. The van der Waals surface area contributed by atoms with Crippen molar-refractivity contribution >= 4 is 0 Å². The lowest BCUT2D eigenvalue weighted by Crippen LogP contribution is -1.92. The Morgan fingerprint density at radius 3 is 1.19 bits per heavy atom. The minimum absolute atomic E-state index is 0.397. The second-order valence-corrected chi connectivity index (χ2v) is 10.3. The molecular formula is C35H40O2. The minimum atomic E-state index is 0.397. The Labute approximate surface area is 222 Å². The Balaban J connectivity index is 1.17. The molecule has 2 N–H and O–H groups in total. The largest absolute Gasteiger partial charge is 0.507 e. The second kappa shape index (κ2) is 13.1. The molecule has 4 aromatic rings. The molecule has 4 rings (SSSR count). The molecule has 0 heterocycles. The predicted molar refractivity (Wildman–Crippen MR) is 156 cm³/mol. The van der Waals surface area contributed by atoms with E-state index in [2.05, 4.69) is 48.5 Å². The fraction of sp³-hybridized carbons (Fsp3) is 0.314. The van der Waals surface area contributed by atoms with E-state index in [4.69, 9.17) is 0 Å². The summed E-state index contributed by atoms with van der Waals surface area (Å²) in [6.07, 6.45) is 10.8. The summed E-state index contributed by atoms with van der Waals surface area (Å²) in [5.41, 5.74) is 8.56. The molecule has 0 aliphatic rings. The van der Waals surface area contributed by atoms with Crippen molar-refractivity contribution in [2.24, 2.45) is 0 Å². The molecule has 0 bridgehead atoms. The maximum absolute atomic E-state index is 10.5. The summed E-state index contributed by atoms with van der Waals surface area (Å²) in [5, 5.41) is 21.1. The topological polar surface area (TPSA) is 40.5 Å². The van der Waals surface area contributed by atoms with Crippen molar-refractivity contribution in [3.63, 3.8) is 0 Å². The van der Waals surface area contributed by atoms with Crippen LogP contribution in [-0.4, -0.2) is 10.2 Å². The van der Waals surface area contributed by atoms with Gasteiger partial charge in [0, 0.05) is 11.1 Å². The quantitative estimate of drug-likeness (QED) is 0.193. The summed E-state index contributed by atoms with van der Waals surface area (Å²) in [4.78, 5) is 0.